The Hall–Kier alpha value is -3.82. The number of carbonyl (C=O) groups excluding carboxylic acids is 2. The van der Waals surface area contributed by atoms with E-state index in [-0.39, 0.29) is 11.6 Å². The number of amides is 3. The first-order chi connectivity index (χ1) is 16.0. The van der Waals surface area contributed by atoms with Gasteiger partial charge in [-0.2, -0.15) is 0 Å². The number of hydrogen-bond donors (Lipinski definition) is 3. The summed E-state index contributed by atoms with van der Waals surface area (Å²) in [6.07, 6.45) is 1.51. The van der Waals surface area contributed by atoms with Gasteiger partial charge in [-0.1, -0.05) is 17.7 Å². The van der Waals surface area contributed by atoms with Crippen molar-refractivity contribution < 1.29 is 19.1 Å². The highest BCUT2D eigenvalue weighted by molar-refractivity contribution is 7.23. The molecule has 0 unspecified atom stereocenters. The highest BCUT2D eigenvalue weighted by atomic mass is 35.5. The summed E-state index contributed by atoms with van der Waals surface area (Å²) in [6, 6.07) is 15.4. The van der Waals surface area contributed by atoms with Gasteiger partial charge < -0.3 is 20.1 Å². The molecule has 4 rings (SSSR count). The summed E-state index contributed by atoms with van der Waals surface area (Å²) < 4.78 is 12.0. The number of halogens is 1. The maximum atomic E-state index is 12.5. The van der Waals surface area contributed by atoms with E-state index in [2.05, 4.69) is 20.9 Å². The number of rotatable bonds is 6. The van der Waals surface area contributed by atoms with Crippen LogP contribution < -0.4 is 25.4 Å². The Balaban J connectivity index is 1.47. The van der Waals surface area contributed by atoms with Crippen LogP contribution in [-0.4, -0.2) is 31.1 Å². The van der Waals surface area contributed by atoms with Crippen molar-refractivity contribution in [3.05, 3.63) is 71.5 Å². The van der Waals surface area contributed by atoms with Gasteiger partial charge in [-0.3, -0.25) is 15.1 Å². The average Bonchev–Trinajstić information content (AvgIpc) is 3.21. The van der Waals surface area contributed by atoms with Crippen molar-refractivity contribution in [3.8, 4) is 17.2 Å². The minimum absolute atomic E-state index is 0.265. The molecule has 0 saturated heterocycles. The van der Waals surface area contributed by atoms with Crippen molar-refractivity contribution in [2.75, 3.05) is 24.8 Å². The van der Waals surface area contributed by atoms with Crippen LogP contribution in [-0.2, 0) is 0 Å². The lowest BCUT2D eigenvalue weighted by Gasteiger charge is -2.10. The molecule has 2 heterocycles. The maximum absolute atomic E-state index is 12.5. The van der Waals surface area contributed by atoms with Crippen molar-refractivity contribution in [2.45, 2.75) is 0 Å². The highest BCUT2D eigenvalue weighted by Gasteiger charge is 2.12. The summed E-state index contributed by atoms with van der Waals surface area (Å²) in [6.45, 7) is 0. The Morgan fingerprint density at radius 1 is 1.03 bits per heavy atom. The molecule has 0 aliphatic rings. The van der Waals surface area contributed by atoms with Gasteiger partial charge in [-0.15, -0.1) is 11.3 Å². The zero-order valence-electron chi connectivity index (χ0n) is 17.6. The van der Waals surface area contributed by atoms with Crippen molar-refractivity contribution in [1.82, 2.24) is 10.3 Å². The Morgan fingerprint density at radius 2 is 1.85 bits per heavy atom. The van der Waals surface area contributed by atoms with Crippen LogP contribution in [0.2, 0.25) is 5.02 Å². The van der Waals surface area contributed by atoms with Gasteiger partial charge in [-0.25, -0.2) is 4.79 Å². The molecule has 10 heteroatoms. The fourth-order valence-corrected chi connectivity index (χ4v) is 4.27. The van der Waals surface area contributed by atoms with Crippen molar-refractivity contribution in [1.29, 1.82) is 0 Å². The first-order valence-corrected chi connectivity index (χ1v) is 11.0. The van der Waals surface area contributed by atoms with Gasteiger partial charge in [0.25, 0.3) is 5.91 Å². The van der Waals surface area contributed by atoms with E-state index < -0.39 is 6.03 Å². The average molecular weight is 483 g/mol. The topological polar surface area (TPSA) is 102 Å². The minimum Gasteiger partial charge on any atom is -0.495 e. The fourth-order valence-electron chi connectivity index (χ4n) is 3.03. The number of nitrogens with zero attached hydrogens (tertiary/aromatic N) is 1. The third kappa shape index (κ3) is 5.16. The van der Waals surface area contributed by atoms with Crippen LogP contribution in [0.25, 0.3) is 10.1 Å². The van der Waals surface area contributed by atoms with E-state index >= 15 is 0 Å². The SMILES string of the molecule is CNC(=O)c1cc(Oc2ccc3cc(NC(=O)Nc4cccc(OC)c4Cl)sc3c2)ccn1. The molecule has 0 atom stereocenters. The molecule has 2 aromatic heterocycles. The number of nitrogens with one attached hydrogen (secondary N) is 3. The number of pyridine rings is 1. The van der Waals surface area contributed by atoms with E-state index in [0.717, 1.165) is 10.1 Å². The van der Waals surface area contributed by atoms with Crippen LogP contribution in [0.1, 0.15) is 10.5 Å². The first-order valence-electron chi connectivity index (χ1n) is 9.77. The summed E-state index contributed by atoms with van der Waals surface area (Å²) >= 11 is 7.63. The largest absolute Gasteiger partial charge is 0.495 e. The molecular formula is C23H19ClN4O4S. The molecule has 0 spiro atoms. The van der Waals surface area contributed by atoms with Gasteiger partial charge in [-0.05, 0) is 47.9 Å². The first kappa shape index (κ1) is 22.4. The van der Waals surface area contributed by atoms with Gasteiger partial charge in [0.1, 0.15) is 28.0 Å². The normalized spacial score (nSPS) is 10.5. The lowest BCUT2D eigenvalue weighted by Crippen LogP contribution is -2.19. The van der Waals surface area contributed by atoms with Gasteiger partial charge in [0.2, 0.25) is 0 Å². The highest BCUT2D eigenvalue weighted by Crippen LogP contribution is 2.35. The van der Waals surface area contributed by atoms with Crippen LogP contribution >= 0.6 is 22.9 Å². The monoisotopic (exact) mass is 482 g/mol. The second-order valence-electron chi connectivity index (χ2n) is 6.77. The third-order valence-corrected chi connectivity index (χ3v) is 5.99. The predicted molar refractivity (Wildman–Crippen MR) is 130 cm³/mol. The Labute approximate surface area is 198 Å². The lowest BCUT2D eigenvalue weighted by atomic mass is 10.2. The summed E-state index contributed by atoms with van der Waals surface area (Å²) in [4.78, 5) is 28.2. The van der Waals surface area contributed by atoms with Crippen molar-refractivity contribution in [2.24, 2.45) is 0 Å². The van der Waals surface area contributed by atoms with Gasteiger partial charge >= 0.3 is 6.03 Å². The molecule has 8 nitrogen and oxygen atoms in total. The second kappa shape index (κ2) is 9.76. The van der Waals surface area contributed by atoms with Crippen LogP contribution in [0.4, 0.5) is 15.5 Å². The molecule has 0 radical (unpaired) electrons. The molecule has 3 amide bonds. The van der Waals surface area contributed by atoms with E-state index in [9.17, 15) is 9.59 Å². The Morgan fingerprint density at radius 3 is 2.64 bits per heavy atom. The summed E-state index contributed by atoms with van der Waals surface area (Å²) in [5.41, 5.74) is 0.708. The molecule has 0 aliphatic heterocycles. The number of anilines is 2. The van der Waals surface area contributed by atoms with Crippen molar-refractivity contribution >= 4 is 55.7 Å². The van der Waals surface area contributed by atoms with E-state index in [1.807, 2.05) is 24.3 Å². The fraction of sp³-hybridized carbons (Fsp3) is 0.0870. The molecular weight excluding hydrogens is 464 g/mol. The summed E-state index contributed by atoms with van der Waals surface area (Å²) in [5, 5.41) is 10.00. The Kier molecular flexibility index (Phi) is 6.62. The number of benzene rings is 2. The molecule has 2 aromatic carbocycles. The zero-order valence-corrected chi connectivity index (χ0v) is 19.2. The van der Waals surface area contributed by atoms with Gasteiger partial charge in [0, 0.05) is 24.0 Å². The zero-order chi connectivity index (χ0) is 23.4. The van der Waals surface area contributed by atoms with E-state index in [1.165, 1.54) is 24.6 Å². The number of fused-ring (bicyclic) bond motifs is 1. The van der Waals surface area contributed by atoms with Crippen molar-refractivity contribution in [3.63, 3.8) is 0 Å². The molecule has 0 aliphatic carbocycles. The molecule has 33 heavy (non-hydrogen) atoms. The lowest BCUT2D eigenvalue weighted by molar-refractivity contribution is 0.0958. The molecule has 0 saturated carbocycles. The third-order valence-electron chi connectivity index (χ3n) is 4.59. The number of aromatic nitrogens is 1. The molecule has 4 aromatic rings. The number of hydrogen-bond acceptors (Lipinski definition) is 6. The predicted octanol–water partition coefficient (Wildman–Crippen LogP) is 5.75. The molecule has 3 N–H and O–H groups in total. The quantitative estimate of drug-likeness (QED) is 0.324. The maximum Gasteiger partial charge on any atom is 0.324 e. The van der Waals surface area contributed by atoms with E-state index in [4.69, 9.17) is 21.1 Å². The van der Waals surface area contributed by atoms with E-state index in [0.29, 0.717) is 33.0 Å². The number of thiophene rings is 1. The molecule has 0 fully saturated rings. The van der Waals surface area contributed by atoms with E-state index in [1.54, 1.807) is 37.4 Å². The Bertz CT molecular complexity index is 1340. The number of ether oxygens (including phenoxy) is 2. The standard InChI is InChI=1S/C23H19ClN4O4S/c1-25-22(29)17-11-15(8-9-26-17)32-14-7-6-13-10-20(33-19(13)12-14)28-23(30)27-16-4-3-5-18(31-2)21(16)24/h3-12H,1-2H3,(H,25,29)(H2,27,28,30). The summed E-state index contributed by atoms with van der Waals surface area (Å²) in [5.74, 6) is 1.27. The molecule has 0 bridgehead atoms. The van der Waals surface area contributed by atoms with Crippen LogP contribution in [0.5, 0.6) is 17.2 Å². The molecule has 168 valence electrons. The number of urea groups is 1. The van der Waals surface area contributed by atoms with Crippen LogP contribution in [0.3, 0.4) is 0 Å². The van der Waals surface area contributed by atoms with Crippen LogP contribution in [0, 0.1) is 0 Å². The van der Waals surface area contributed by atoms with Crippen LogP contribution in [0.15, 0.2) is 60.8 Å². The number of carbonyl (C=O) groups is 2. The number of methoxy groups -OCH3 is 1. The van der Waals surface area contributed by atoms with Gasteiger partial charge in [0.15, 0.2) is 0 Å². The van der Waals surface area contributed by atoms with Gasteiger partial charge in [0.05, 0.1) is 17.8 Å². The minimum atomic E-state index is -0.424. The smallest absolute Gasteiger partial charge is 0.324 e. The second-order valence-corrected chi connectivity index (χ2v) is 8.23. The summed E-state index contributed by atoms with van der Waals surface area (Å²) in [7, 11) is 3.05.